The first-order valence-corrected chi connectivity index (χ1v) is 8.61. The van der Waals surface area contributed by atoms with Crippen LogP contribution in [0.2, 0.25) is 0 Å². The zero-order valence-electron chi connectivity index (χ0n) is 14.5. The van der Waals surface area contributed by atoms with Gasteiger partial charge in [-0.1, -0.05) is 35.5 Å². The van der Waals surface area contributed by atoms with E-state index in [2.05, 4.69) is 27.0 Å². The summed E-state index contributed by atoms with van der Waals surface area (Å²) >= 11 is 0. The highest BCUT2D eigenvalue weighted by molar-refractivity contribution is 5.92. The molecule has 0 aliphatic carbocycles. The molecule has 1 saturated heterocycles. The fourth-order valence-electron chi connectivity index (χ4n) is 3.33. The van der Waals surface area contributed by atoms with Crippen LogP contribution in [0.15, 0.2) is 53.4 Å². The van der Waals surface area contributed by atoms with Crippen molar-refractivity contribution in [2.45, 2.75) is 25.2 Å². The summed E-state index contributed by atoms with van der Waals surface area (Å²) in [4.78, 5) is 27.2. The molecule has 2 aromatic heterocycles. The molecule has 1 aromatic carbocycles. The zero-order valence-corrected chi connectivity index (χ0v) is 14.5. The van der Waals surface area contributed by atoms with Gasteiger partial charge in [-0.05, 0) is 19.8 Å². The molecule has 1 aliphatic rings. The number of rotatable bonds is 3. The number of amides is 1. The number of hydrogen-bond donors (Lipinski definition) is 0. The molecule has 1 aliphatic heterocycles. The average Bonchev–Trinajstić information content (AvgIpc) is 3.20. The average molecular weight is 349 g/mol. The van der Waals surface area contributed by atoms with E-state index >= 15 is 0 Å². The van der Waals surface area contributed by atoms with E-state index in [-0.39, 0.29) is 11.3 Å². The summed E-state index contributed by atoms with van der Waals surface area (Å²) in [7, 11) is 0. The maximum absolute atomic E-state index is 12.7. The Hall–Kier alpha value is -3.09. The molecular weight excluding hydrogens is 330 g/mol. The number of benzene rings is 1. The van der Waals surface area contributed by atoms with Gasteiger partial charge in [0.25, 0.3) is 5.91 Å². The summed E-state index contributed by atoms with van der Waals surface area (Å²) in [5, 5.41) is 4.12. The Morgan fingerprint density at radius 3 is 2.85 bits per heavy atom. The highest BCUT2D eigenvalue weighted by Gasteiger charge is 2.39. The summed E-state index contributed by atoms with van der Waals surface area (Å²) in [5.74, 6) is 1.01. The van der Waals surface area contributed by atoms with Crippen LogP contribution in [0.3, 0.4) is 0 Å². The van der Waals surface area contributed by atoms with E-state index in [0.29, 0.717) is 30.5 Å². The van der Waals surface area contributed by atoms with Crippen LogP contribution in [0.5, 0.6) is 0 Å². The molecule has 7 heteroatoms. The maximum Gasteiger partial charge on any atom is 0.274 e. The van der Waals surface area contributed by atoms with Gasteiger partial charge in [0.2, 0.25) is 11.7 Å². The Kier molecular flexibility index (Phi) is 4.20. The molecule has 0 radical (unpaired) electrons. The molecule has 1 unspecified atom stereocenters. The SMILES string of the molecule is CC1(c2nc(-c3ccccc3)no2)CCCN(C(=O)c2cnccn2)C1. The lowest BCUT2D eigenvalue weighted by Crippen LogP contribution is -2.47. The fraction of sp³-hybridized carbons (Fsp3) is 0.316. The van der Waals surface area contributed by atoms with Gasteiger partial charge < -0.3 is 9.42 Å². The minimum Gasteiger partial charge on any atom is -0.338 e. The number of piperidine rings is 1. The highest BCUT2D eigenvalue weighted by atomic mass is 16.5. The molecule has 132 valence electrons. The zero-order chi connectivity index (χ0) is 18.0. The Bertz CT molecular complexity index is 897. The fourth-order valence-corrected chi connectivity index (χ4v) is 3.33. The number of nitrogens with zero attached hydrogens (tertiary/aromatic N) is 5. The molecule has 1 atom stereocenters. The van der Waals surface area contributed by atoms with E-state index < -0.39 is 0 Å². The summed E-state index contributed by atoms with van der Waals surface area (Å²) in [6, 6.07) is 9.72. The van der Waals surface area contributed by atoms with Crippen molar-refractivity contribution < 1.29 is 9.32 Å². The second-order valence-corrected chi connectivity index (χ2v) is 6.77. The number of aromatic nitrogens is 4. The van der Waals surface area contributed by atoms with Gasteiger partial charge in [0.05, 0.1) is 11.6 Å². The van der Waals surface area contributed by atoms with Crippen molar-refractivity contribution in [2.24, 2.45) is 0 Å². The van der Waals surface area contributed by atoms with Crippen molar-refractivity contribution >= 4 is 5.91 Å². The molecular formula is C19H19N5O2. The minimum atomic E-state index is -0.379. The van der Waals surface area contributed by atoms with Crippen LogP contribution in [0.25, 0.3) is 11.4 Å². The van der Waals surface area contributed by atoms with E-state index in [9.17, 15) is 4.79 Å². The number of carbonyl (C=O) groups is 1. The van der Waals surface area contributed by atoms with Crippen molar-refractivity contribution in [3.8, 4) is 11.4 Å². The molecule has 0 saturated carbocycles. The van der Waals surface area contributed by atoms with Crippen molar-refractivity contribution in [3.05, 3.63) is 60.5 Å². The van der Waals surface area contributed by atoms with Gasteiger partial charge in [-0.15, -0.1) is 0 Å². The number of hydrogen-bond acceptors (Lipinski definition) is 6. The second-order valence-electron chi connectivity index (χ2n) is 6.77. The van der Waals surface area contributed by atoms with Crippen molar-refractivity contribution in [3.63, 3.8) is 0 Å². The molecule has 0 spiro atoms. The van der Waals surface area contributed by atoms with Crippen LogP contribution < -0.4 is 0 Å². The van der Waals surface area contributed by atoms with E-state index in [1.807, 2.05) is 30.3 Å². The number of likely N-dealkylation sites (tertiary alicyclic amines) is 1. The largest absolute Gasteiger partial charge is 0.338 e. The molecule has 0 bridgehead atoms. The van der Waals surface area contributed by atoms with E-state index in [4.69, 9.17) is 4.52 Å². The van der Waals surface area contributed by atoms with Crippen LogP contribution in [-0.2, 0) is 5.41 Å². The standard InChI is InChI=1S/C19H19N5O2/c1-19(18-22-16(23-26-18)14-6-3-2-4-7-14)8-5-11-24(13-19)17(25)15-12-20-9-10-21-15/h2-4,6-7,9-10,12H,5,8,11,13H2,1H3. The van der Waals surface area contributed by atoms with E-state index in [1.54, 1.807) is 11.1 Å². The van der Waals surface area contributed by atoms with Crippen LogP contribution in [0.4, 0.5) is 0 Å². The lowest BCUT2D eigenvalue weighted by Gasteiger charge is -2.37. The molecule has 1 fully saturated rings. The molecule has 26 heavy (non-hydrogen) atoms. The van der Waals surface area contributed by atoms with Gasteiger partial charge in [0.1, 0.15) is 5.69 Å². The monoisotopic (exact) mass is 349 g/mol. The topological polar surface area (TPSA) is 85.0 Å². The highest BCUT2D eigenvalue weighted by Crippen LogP contribution is 2.34. The van der Waals surface area contributed by atoms with Gasteiger partial charge in [0.15, 0.2) is 0 Å². The summed E-state index contributed by atoms with van der Waals surface area (Å²) < 4.78 is 5.57. The Morgan fingerprint density at radius 2 is 2.08 bits per heavy atom. The number of carbonyl (C=O) groups excluding carboxylic acids is 1. The molecule has 1 amide bonds. The van der Waals surface area contributed by atoms with Crippen LogP contribution in [-0.4, -0.2) is 44.0 Å². The lowest BCUT2D eigenvalue weighted by molar-refractivity contribution is 0.0613. The minimum absolute atomic E-state index is 0.119. The molecule has 4 rings (SSSR count). The molecule has 3 aromatic rings. The molecule has 3 heterocycles. The molecule has 7 nitrogen and oxygen atoms in total. The van der Waals surface area contributed by atoms with Gasteiger partial charge in [-0.2, -0.15) is 4.98 Å². The third-order valence-electron chi connectivity index (χ3n) is 4.74. The third kappa shape index (κ3) is 3.08. The van der Waals surface area contributed by atoms with Gasteiger partial charge in [-0.3, -0.25) is 9.78 Å². The normalized spacial score (nSPS) is 20.1. The summed E-state index contributed by atoms with van der Waals surface area (Å²) in [6.45, 7) is 3.26. The van der Waals surface area contributed by atoms with E-state index in [1.165, 1.54) is 12.4 Å². The van der Waals surface area contributed by atoms with Crippen molar-refractivity contribution in [1.29, 1.82) is 0 Å². The Labute approximate surface area is 151 Å². The van der Waals surface area contributed by atoms with Gasteiger partial charge in [0, 0.05) is 31.0 Å². The maximum atomic E-state index is 12.7. The van der Waals surface area contributed by atoms with Gasteiger partial charge >= 0.3 is 0 Å². The van der Waals surface area contributed by atoms with Crippen molar-refractivity contribution in [1.82, 2.24) is 25.0 Å². The Morgan fingerprint density at radius 1 is 1.23 bits per heavy atom. The second kappa shape index (κ2) is 6.67. The third-order valence-corrected chi connectivity index (χ3v) is 4.74. The van der Waals surface area contributed by atoms with Crippen LogP contribution in [0, 0.1) is 0 Å². The van der Waals surface area contributed by atoms with Gasteiger partial charge in [-0.25, -0.2) is 4.98 Å². The quantitative estimate of drug-likeness (QED) is 0.723. The van der Waals surface area contributed by atoms with Crippen molar-refractivity contribution in [2.75, 3.05) is 13.1 Å². The van der Waals surface area contributed by atoms with Crippen LogP contribution >= 0.6 is 0 Å². The molecule has 0 N–H and O–H groups in total. The lowest BCUT2D eigenvalue weighted by atomic mass is 9.81. The first kappa shape index (κ1) is 16.4. The summed E-state index contributed by atoms with van der Waals surface area (Å²) in [5.41, 5.74) is 0.887. The predicted octanol–water partition coefficient (Wildman–Crippen LogP) is 2.72. The van der Waals surface area contributed by atoms with E-state index in [0.717, 1.165) is 18.4 Å². The first-order chi connectivity index (χ1) is 12.7. The first-order valence-electron chi connectivity index (χ1n) is 8.61. The smallest absolute Gasteiger partial charge is 0.274 e. The predicted molar refractivity (Wildman–Crippen MR) is 94.3 cm³/mol. The Balaban J connectivity index is 1.56. The van der Waals surface area contributed by atoms with Crippen LogP contribution in [0.1, 0.15) is 36.1 Å². The summed E-state index contributed by atoms with van der Waals surface area (Å²) in [6.07, 6.45) is 6.33.